The Balaban J connectivity index is 1.60. The van der Waals surface area contributed by atoms with Crippen LogP contribution in [0.3, 0.4) is 0 Å². The minimum atomic E-state index is -0.0488. The smallest absolute Gasteiger partial charge is 0.228 e. The van der Waals surface area contributed by atoms with E-state index in [1.54, 1.807) is 6.20 Å². The van der Waals surface area contributed by atoms with E-state index in [1.165, 1.54) is 11.1 Å². The van der Waals surface area contributed by atoms with Gasteiger partial charge in [-0.05, 0) is 61.7 Å². The van der Waals surface area contributed by atoms with Gasteiger partial charge in [0.05, 0.1) is 18.3 Å². The number of rotatable bonds is 5. The maximum Gasteiger partial charge on any atom is 0.228 e. The molecule has 4 heteroatoms. The van der Waals surface area contributed by atoms with Crippen molar-refractivity contribution in [1.29, 1.82) is 0 Å². The quantitative estimate of drug-likeness (QED) is 0.689. The SMILES string of the molecule is Cc1cccc(CC(=O)Nc2ccc(Nc3ccc(C)c(C)c3)nc2)c1. The monoisotopic (exact) mass is 345 g/mol. The van der Waals surface area contributed by atoms with Gasteiger partial charge in [-0.25, -0.2) is 4.98 Å². The first-order chi connectivity index (χ1) is 12.5. The lowest BCUT2D eigenvalue weighted by molar-refractivity contribution is -0.115. The number of aryl methyl sites for hydroxylation is 3. The summed E-state index contributed by atoms with van der Waals surface area (Å²) in [5.41, 5.74) is 6.33. The van der Waals surface area contributed by atoms with Gasteiger partial charge in [0.15, 0.2) is 0 Å². The molecule has 1 amide bonds. The van der Waals surface area contributed by atoms with E-state index < -0.39 is 0 Å². The van der Waals surface area contributed by atoms with Crippen LogP contribution in [0.4, 0.5) is 17.2 Å². The van der Waals surface area contributed by atoms with Gasteiger partial charge in [0.25, 0.3) is 0 Å². The molecule has 0 radical (unpaired) electrons. The van der Waals surface area contributed by atoms with Crippen LogP contribution in [0.5, 0.6) is 0 Å². The Morgan fingerprint density at radius 3 is 2.42 bits per heavy atom. The molecular weight excluding hydrogens is 322 g/mol. The molecule has 0 atom stereocenters. The molecular formula is C22H23N3O. The largest absolute Gasteiger partial charge is 0.340 e. The second kappa shape index (κ2) is 7.83. The number of carbonyl (C=O) groups is 1. The number of nitrogens with one attached hydrogen (secondary N) is 2. The maximum atomic E-state index is 12.2. The standard InChI is InChI=1S/C22H23N3O/c1-15-5-4-6-18(11-15)13-22(26)25-20-9-10-21(23-14-20)24-19-8-7-16(2)17(3)12-19/h4-12,14H,13H2,1-3H3,(H,23,24)(H,25,26). The number of hydrogen-bond donors (Lipinski definition) is 2. The number of nitrogens with zero attached hydrogens (tertiary/aromatic N) is 1. The van der Waals surface area contributed by atoms with Crippen LogP contribution in [-0.2, 0) is 11.2 Å². The molecule has 0 unspecified atom stereocenters. The lowest BCUT2D eigenvalue weighted by Gasteiger charge is -2.09. The molecule has 0 saturated carbocycles. The molecule has 2 aromatic carbocycles. The summed E-state index contributed by atoms with van der Waals surface area (Å²) in [4.78, 5) is 16.6. The summed E-state index contributed by atoms with van der Waals surface area (Å²) >= 11 is 0. The maximum absolute atomic E-state index is 12.2. The Bertz CT molecular complexity index is 917. The lowest BCUT2D eigenvalue weighted by atomic mass is 10.1. The van der Waals surface area contributed by atoms with Crippen molar-refractivity contribution in [2.24, 2.45) is 0 Å². The van der Waals surface area contributed by atoms with Gasteiger partial charge >= 0.3 is 0 Å². The van der Waals surface area contributed by atoms with Gasteiger partial charge in [-0.3, -0.25) is 4.79 Å². The van der Waals surface area contributed by atoms with E-state index in [4.69, 9.17) is 0 Å². The first-order valence-electron chi connectivity index (χ1n) is 8.65. The highest BCUT2D eigenvalue weighted by atomic mass is 16.1. The second-order valence-electron chi connectivity index (χ2n) is 6.57. The zero-order valence-electron chi connectivity index (χ0n) is 15.3. The van der Waals surface area contributed by atoms with Crippen LogP contribution in [0.1, 0.15) is 22.3 Å². The van der Waals surface area contributed by atoms with Crippen LogP contribution in [0.25, 0.3) is 0 Å². The lowest BCUT2D eigenvalue weighted by Crippen LogP contribution is -2.14. The normalized spacial score (nSPS) is 10.4. The molecule has 3 rings (SSSR count). The molecule has 0 saturated heterocycles. The topological polar surface area (TPSA) is 54.0 Å². The summed E-state index contributed by atoms with van der Waals surface area (Å²) in [6, 6.07) is 17.9. The van der Waals surface area contributed by atoms with Crippen molar-refractivity contribution in [3.63, 3.8) is 0 Å². The van der Waals surface area contributed by atoms with Gasteiger partial charge < -0.3 is 10.6 Å². The minimum Gasteiger partial charge on any atom is -0.340 e. The van der Waals surface area contributed by atoms with Crippen LogP contribution >= 0.6 is 0 Å². The molecule has 0 spiro atoms. The highest BCUT2D eigenvalue weighted by Gasteiger charge is 2.05. The summed E-state index contributed by atoms with van der Waals surface area (Å²) in [5.74, 6) is 0.692. The summed E-state index contributed by atoms with van der Waals surface area (Å²) in [6.45, 7) is 6.19. The van der Waals surface area contributed by atoms with Gasteiger partial charge in [0.1, 0.15) is 5.82 Å². The highest BCUT2D eigenvalue weighted by Crippen LogP contribution is 2.19. The number of pyridine rings is 1. The Morgan fingerprint density at radius 1 is 0.923 bits per heavy atom. The minimum absolute atomic E-state index is 0.0488. The molecule has 1 aromatic heterocycles. The van der Waals surface area contributed by atoms with Crippen molar-refractivity contribution < 1.29 is 4.79 Å². The van der Waals surface area contributed by atoms with Crippen LogP contribution in [0, 0.1) is 20.8 Å². The molecule has 0 aliphatic heterocycles. The number of carbonyl (C=O) groups excluding carboxylic acids is 1. The third-order valence-corrected chi connectivity index (χ3v) is 4.27. The van der Waals surface area contributed by atoms with E-state index in [9.17, 15) is 4.79 Å². The summed E-state index contributed by atoms with van der Waals surface area (Å²) in [6.07, 6.45) is 2.02. The van der Waals surface area contributed by atoms with Crippen molar-refractivity contribution >= 4 is 23.1 Å². The van der Waals surface area contributed by atoms with Crippen LogP contribution < -0.4 is 10.6 Å². The molecule has 132 valence electrons. The second-order valence-corrected chi connectivity index (χ2v) is 6.57. The number of hydrogen-bond acceptors (Lipinski definition) is 3. The molecule has 1 heterocycles. The molecule has 4 nitrogen and oxygen atoms in total. The van der Waals surface area contributed by atoms with Crippen LogP contribution in [0.2, 0.25) is 0 Å². The molecule has 0 aliphatic carbocycles. The molecule has 26 heavy (non-hydrogen) atoms. The van der Waals surface area contributed by atoms with Gasteiger partial charge in [-0.15, -0.1) is 0 Å². The predicted octanol–water partition coefficient (Wildman–Crippen LogP) is 4.93. The van der Waals surface area contributed by atoms with Crippen molar-refractivity contribution in [2.45, 2.75) is 27.2 Å². The fraction of sp³-hybridized carbons (Fsp3) is 0.182. The molecule has 0 bridgehead atoms. The predicted molar refractivity (Wildman–Crippen MR) is 107 cm³/mol. The van der Waals surface area contributed by atoms with E-state index in [0.717, 1.165) is 22.6 Å². The zero-order chi connectivity index (χ0) is 18.5. The first kappa shape index (κ1) is 17.7. The van der Waals surface area contributed by atoms with Gasteiger partial charge in [0.2, 0.25) is 5.91 Å². The van der Waals surface area contributed by atoms with Crippen molar-refractivity contribution in [3.8, 4) is 0 Å². The van der Waals surface area contributed by atoms with E-state index in [-0.39, 0.29) is 5.91 Å². The Morgan fingerprint density at radius 2 is 1.73 bits per heavy atom. The van der Waals surface area contributed by atoms with Crippen molar-refractivity contribution in [3.05, 3.63) is 83.0 Å². The number of aromatic nitrogens is 1. The fourth-order valence-corrected chi connectivity index (χ4v) is 2.72. The van der Waals surface area contributed by atoms with Crippen LogP contribution in [-0.4, -0.2) is 10.9 Å². The first-order valence-corrected chi connectivity index (χ1v) is 8.65. The number of benzene rings is 2. The number of amides is 1. The number of anilines is 3. The molecule has 3 aromatic rings. The van der Waals surface area contributed by atoms with E-state index in [0.29, 0.717) is 12.1 Å². The summed E-state index contributed by atoms with van der Waals surface area (Å²) in [7, 11) is 0. The fourth-order valence-electron chi connectivity index (χ4n) is 2.72. The van der Waals surface area contributed by atoms with E-state index in [1.807, 2.05) is 49.4 Å². The molecule has 0 aliphatic rings. The average molecular weight is 345 g/mol. The van der Waals surface area contributed by atoms with E-state index >= 15 is 0 Å². The van der Waals surface area contributed by atoms with Crippen LogP contribution in [0.15, 0.2) is 60.8 Å². The third-order valence-electron chi connectivity index (χ3n) is 4.27. The van der Waals surface area contributed by atoms with Crippen molar-refractivity contribution in [1.82, 2.24) is 4.98 Å². The van der Waals surface area contributed by atoms with Gasteiger partial charge in [0, 0.05) is 5.69 Å². The molecule has 2 N–H and O–H groups in total. The van der Waals surface area contributed by atoms with E-state index in [2.05, 4.69) is 41.6 Å². The summed E-state index contributed by atoms with van der Waals surface area (Å²) in [5, 5.41) is 6.16. The Labute approximate surface area is 154 Å². The van der Waals surface area contributed by atoms with Gasteiger partial charge in [-0.1, -0.05) is 35.9 Å². The Hall–Kier alpha value is -3.14. The molecule has 0 fully saturated rings. The van der Waals surface area contributed by atoms with Crippen molar-refractivity contribution in [2.75, 3.05) is 10.6 Å². The van der Waals surface area contributed by atoms with Gasteiger partial charge in [-0.2, -0.15) is 0 Å². The third kappa shape index (κ3) is 4.70. The highest BCUT2D eigenvalue weighted by molar-refractivity contribution is 5.92. The summed E-state index contributed by atoms with van der Waals surface area (Å²) < 4.78 is 0. The average Bonchev–Trinajstić information content (AvgIpc) is 2.60. The Kier molecular flexibility index (Phi) is 5.32. The zero-order valence-corrected chi connectivity index (χ0v) is 15.3.